The molecule has 0 spiro atoms. The van der Waals surface area contributed by atoms with Crippen LogP contribution in [0.1, 0.15) is 75.0 Å². The van der Waals surface area contributed by atoms with E-state index in [1.54, 1.807) is 47.6 Å². The number of carbonyl (C=O) groups excluding carboxylic acids is 5. The number of phenolic OH excluding ortho intramolecular Hbond substituents is 1. The largest absolute Gasteiger partial charge is 0.507 e. The van der Waals surface area contributed by atoms with E-state index in [4.69, 9.17) is 0 Å². The number of aryl methyl sites for hydroxylation is 1. The van der Waals surface area contributed by atoms with Gasteiger partial charge in [0, 0.05) is 11.3 Å². The van der Waals surface area contributed by atoms with Gasteiger partial charge in [-0.2, -0.15) is 0 Å². The number of aliphatic hydroxyl groups is 1. The molecular weight excluding hydrogens is 460 g/mol. The summed E-state index contributed by atoms with van der Waals surface area (Å²) in [7, 11) is 0. The monoisotopic (exact) mass is 494 g/mol. The van der Waals surface area contributed by atoms with E-state index in [0.29, 0.717) is 22.3 Å². The highest BCUT2D eigenvalue weighted by molar-refractivity contribution is 6.32. The number of phenols is 1. The summed E-state index contributed by atoms with van der Waals surface area (Å²) in [6, 6.07) is 1.76. The van der Waals surface area contributed by atoms with Gasteiger partial charge in [-0.3, -0.25) is 24.0 Å². The number of aromatic hydroxyl groups is 1. The molecule has 1 aromatic rings. The van der Waals surface area contributed by atoms with Crippen molar-refractivity contribution in [1.29, 1.82) is 0 Å². The summed E-state index contributed by atoms with van der Waals surface area (Å²) in [4.78, 5) is 67.7. The summed E-state index contributed by atoms with van der Waals surface area (Å²) in [6.45, 7) is 15.4. The van der Waals surface area contributed by atoms with Gasteiger partial charge in [0.25, 0.3) is 0 Å². The Balaban J connectivity index is 2.02. The number of Topliss-reactive ketones (excluding diaryl/α,β-unsaturated/α-hetero) is 5. The molecule has 2 saturated carbocycles. The van der Waals surface area contributed by atoms with E-state index >= 15 is 0 Å². The summed E-state index contributed by atoms with van der Waals surface area (Å²) in [5.41, 5.74) is -2.79. The lowest BCUT2D eigenvalue weighted by molar-refractivity contribution is -0.205. The fourth-order valence-corrected chi connectivity index (χ4v) is 7.72. The van der Waals surface area contributed by atoms with E-state index in [1.807, 2.05) is 0 Å². The number of hydrogen-bond acceptors (Lipinski definition) is 7. The SMILES string of the molecule is C=C(C)c1cc(C)c(O)c2c1C[C@]1(C)C[C@]3(C)C(C(C)C)C(=O)C(C(C)=O)C(=O)[C@]3(O)C(=O)C1C2=O. The van der Waals surface area contributed by atoms with Gasteiger partial charge in [-0.15, -0.1) is 0 Å². The second kappa shape index (κ2) is 7.78. The van der Waals surface area contributed by atoms with Gasteiger partial charge in [-0.05, 0) is 67.7 Å². The van der Waals surface area contributed by atoms with Gasteiger partial charge in [0.2, 0.25) is 0 Å². The Kier molecular flexibility index (Phi) is 5.65. The van der Waals surface area contributed by atoms with E-state index in [9.17, 15) is 34.2 Å². The molecule has 0 saturated heterocycles. The van der Waals surface area contributed by atoms with Gasteiger partial charge in [-0.1, -0.05) is 39.8 Å². The molecule has 3 aliphatic carbocycles. The van der Waals surface area contributed by atoms with Crippen molar-refractivity contribution in [2.45, 2.75) is 66.9 Å². The maximum Gasteiger partial charge on any atom is 0.190 e. The van der Waals surface area contributed by atoms with Crippen LogP contribution in [0, 0.1) is 41.4 Å². The van der Waals surface area contributed by atoms with Gasteiger partial charge in [0.1, 0.15) is 17.5 Å². The number of rotatable bonds is 3. The van der Waals surface area contributed by atoms with Crippen molar-refractivity contribution in [3.05, 3.63) is 34.9 Å². The highest BCUT2D eigenvalue weighted by atomic mass is 16.3. The third-order valence-electron chi connectivity index (χ3n) is 9.03. The van der Waals surface area contributed by atoms with Crippen LogP contribution in [0.15, 0.2) is 12.6 Å². The van der Waals surface area contributed by atoms with Gasteiger partial charge in [0.05, 0.1) is 11.5 Å². The Bertz CT molecular complexity index is 1290. The molecule has 6 atom stereocenters. The number of ketones is 5. The normalized spacial score (nSPS) is 35.9. The van der Waals surface area contributed by atoms with Crippen LogP contribution in [0.25, 0.3) is 5.57 Å². The summed E-state index contributed by atoms with van der Waals surface area (Å²) < 4.78 is 0. The predicted octanol–water partition coefficient (Wildman–Crippen LogP) is 3.43. The zero-order chi connectivity index (χ0) is 27.3. The fraction of sp³-hybridized carbons (Fsp3) is 0.552. The van der Waals surface area contributed by atoms with Crippen LogP contribution in [-0.2, 0) is 25.6 Å². The van der Waals surface area contributed by atoms with Crippen LogP contribution in [-0.4, -0.2) is 44.7 Å². The van der Waals surface area contributed by atoms with Crippen LogP contribution >= 0.6 is 0 Å². The average molecular weight is 495 g/mol. The van der Waals surface area contributed by atoms with E-state index in [2.05, 4.69) is 6.58 Å². The molecule has 2 N–H and O–H groups in total. The Labute approximate surface area is 211 Å². The topological polar surface area (TPSA) is 126 Å². The van der Waals surface area contributed by atoms with Crippen LogP contribution in [0.3, 0.4) is 0 Å². The maximum absolute atomic E-state index is 14.2. The molecule has 0 aromatic heterocycles. The molecular formula is C29H34O7. The fourth-order valence-electron chi connectivity index (χ4n) is 7.72. The van der Waals surface area contributed by atoms with Crippen molar-refractivity contribution in [3.63, 3.8) is 0 Å². The van der Waals surface area contributed by atoms with Crippen molar-refractivity contribution in [1.82, 2.24) is 0 Å². The zero-order valence-corrected chi connectivity index (χ0v) is 21.9. The molecule has 1 aromatic carbocycles. The highest BCUT2D eigenvalue weighted by Gasteiger charge is 2.76. The van der Waals surface area contributed by atoms with Crippen LogP contribution < -0.4 is 0 Å². The average Bonchev–Trinajstić information content (AvgIpc) is 2.72. The molecule has 3 unspecified atom stereocenters. The Hall–Kier alpha value is -2.93. The van der Waals surface area contributed by atoms with Gasteiger partial charge in [0.15, 0.2) is 28.7 Å². The standard InChI is InChI=1S/C29H34O7/c1-12(2)16-9-14(5)22(31)19-17(16)10-27(7)11-28(8)20(13(3)4)23(32)18(15(6)30)25(34)29(28,36)26(35)21(27)24(19)33/h9,13,18,20-21,31,36H,1,10-11H2,2-8H3/t18?,20?,21?,27-,28-,29+/m1/s1. The van der Waals surface area contributed by atoms with Crippen molar-refractivity contribution >= 4 is 34.5 Å². The number of benzene rings is 1. The Morgan fingerprint density at radius 1 is 1.11 bits per heavy atom. The maximum atomic E-state index is 14.2. The minimum Gasteiger partial charge on any atom is -0.507 e. The molecule has 0 heterocycles. The van der Waals surface area contributed by atoms with Gasteiger partial charge < -0.3 is 10.2 Å². The molecule has 7 heteroatoms. The minimum absolute atomic E-state index is 0.0129. The lowest BCUT2D eigenvalue weighted by Gasteiger charge is -2.62. The summed E-state index contributed by atoms with van der Waals surface area (Å²) in [5.74, 6) is -8.81. The van der Waals surface area contributed by atoms with Crippen LogP contribution in [0.2, 0.25) is 0 Å². The first-order valence-corrected chi connectivity index (χ1v) is 12.4. The second-order valence-corrected chi connectivity index (χ2v) is 12.1. The second-order valence-electron chi connectivity index (χ2n) is 12.1. The molecule has 0 bridgehead atoms. The lowest BCUT2D eigenvalue weighted by atomic mass is 9.39. The van der Waals surface area contributed by atoms with Crippen LogP contribution in [0.5, 0.6) is 5.75 Å². The van der Waals surface area contributed by atoms with Gasteiger partial charge in [-0.25, -0.2) is 0 Å². The molecule has 4 rings (SSSR count). The number of hydrogen-bond donors (Lipinski definition) is 2. The van der Waals surface area contributed by atoms with Crippen LogP contribution in [0.4, 0.5) is 0 Å². The van der Waals surface area contributed by atoms with E-state index < -0.39 is 63.1 Å². The molecule has 0 radical (unpaired) electrons. The Morgan fingerprint density at radius 2 is 1.69 bits per heavy atom. The van der Waals surface area contributed by atoms with Crippen molar-refractivity contribution in [2.24, 2.45) is 34.5 Å². The molecule has 0 amide bonds. The first-order valence-electron chi connectivity index (χ1n) is 12.4. The van der Waals surface area contributed by atoms with Crippen molar-refractivity contribution < 1.29 is 34.2 Å². The van der Waals surface area contributed by atoms with Crippen molar-refractivity contribution in [2.75, 3.05) is 0 Å². The minimum atomic E-state index is -2.68. The van der Waals surface area contributed by atoms with E-state index in [0.717, 1.165) is 6.92 Å². The predicted molar refractivity (Wildman–Crippen MR) is 132 cm³/mol. The number of carbonyl (C=O) groups is 5. The highest BCUT2D eigenvalue weighted by Crippen LogP contribution is 2.64. The summed E-state index contributed by atoms with van der Waals surface area (Å²) in [5, 5.41) is 22.9. The smallest absolute Gasteiger partial charge is 0.190 e. The zero-order valence-electron chi connectivity index (χ0n) is 21.9. The first-order chi connectivity index (χ1) is 16.5. The Morgan fingerprint density at radius 3 is 2.19 bits per heavy atom. The third-order valence-corrected chi connectivity index (χ3v) is 9.03. The molecule has 0 aliphatic heterocycles. The molecule has 192 valence electrons. The lowest BCUT2D eigenvalue weighted by Crippen LogP contribution is -2.76. The summed E-state index contributed by atoms with van der Waals surface area (Å²) >= 11 is 0. The molecule has 3 aliphatic rings. The quantitative estimate of drug-likeness (QED) is 0.617. The van der Waals surface area contributed by atoms with E-state index in [1.165, 1.54) is 0 Å². The van der Waals surface area contributed by atoms with E-state index in [-0.39, 0.29) is 30.1 Å². The number of fused-ring (bicyclic) bond motifs is 3. The third kappa shape index (κ3) is 2.98. The van der Waals surface area contributed by atoms with Gasteiger partial charge >= 0.3 is 0 Å². The molecule has 36 heavy (non-hydrogen) atoms. The van der Waals surface area contributed by atoms with Crippen molar-refractivity contribution in [3.8, 4) is 5.75 Å². The molecule has 2 fully saturated rings. The first kappa shape index (κ1) is 26.1. The number of allylic oxidation sites excluding steroid dienone is 1. The molecule has 7 nitrogen and oxygen atoms in total. The summed E-state index contributed by atoms with van der Waals surface area (Å²) in [6.07, 6.45) is 0.253.